The number of hydrogen-bond donors (Lipinski definition) is 0. The lowest BCUT2D eigenvalue weighted by molar-refractivity contribution is 1.31. The Morgan fingerprint density at radius 1 is 1.60 bits per heavy atom. The normalized spacial score (nSPS) is 9.30. The Labute approximate surface area is 69.9 Å². The molecule has 1 nitrogen and oxygen atoms in total. The van der Waals surface area contributed by atoms with Crippen LogP contribution in [-0.2, 0) is 0 Å². The predicted molar refractivity (Wildman–Crippen MR) is 49.5 cm³/mol. The van der Waals surface area contributed by atoms with Gasteiger partial charge in [-0.15, -0.1) is 11.8 Å². The van der Waals surface area contributed by atoms with Crippen molar-refractivity contribution in [3.63, 3.8) is 0 Å². The maximum Gasteiger partial charge on any atom is 0.0960 e. The fraction of sp³-hybridized carbons (Fsp3) is 0.143. The third-order valence-electron chi connectivity index (χ3n) is 1.06. The molecule has 1 aromatic rings. The Balaban J connectivity index is 2.85. The number of nitrogens with zero attached hydrogens (tertiary/aromatic N) is 1. The van der Waals surface area contributed by atoms with E-state index in [1.807, 2.05) is 24.5 Å². The van der Waals surface area contributed by atoms with Gasteiger partial charge in [-0.1, -0.05) is 18.3 Å². The highest BCUT2D eigenvalue weighted by Crippen LogP contribution is 2.06. The molecule has 0 bridgehead atoms. The molecule has 1 heterocycles. The van der Waals surface area contributed by atoms with Crippen molar-refractivity contribution in [1.29, 1.82) is 0 Å². The van der Waals surface area contributed by atoms with Crippen molar-refractivity contribution in [3.8, 4) is 0 Å². The molecule has 0 aliphatic carbocycles. The Morgan fingerprint density at radius 2 is 2.40 bits per heavy atom. The summed E-state index contributed by atoms with van der Waals surface area (Å²) in [5.41, 5.74) is 0.894. The molecule has 1 rings (SSSR count). The van der Waals surface area contributed by atoms with Gasteiger partial charge in [-0.2, -0.15) is 0 Å². The maximum absolute atomic E-state index is 5.02. The van der Waals surface area contributed by atoms with Crippen LogP contribution in [0.4, 0.5) is 0 Å². The molecular weight excluding hydrogens is 162 g/mol. The highest BCUT2D eigenvalue weighted by Gasteiger charge is 1.96. The smallest absolute Gasteiger partial charge is 0.0960 e. The van der Waals surface area contributed by atoms with E-state index in [-0.39, 0.29) is 0 Å². The van der Waals surface area contributed by atoms with Gasteiger partial charge in [0.25, 0.3) is 0 Å². The van der Waals surface area contributed by atoms with Crippen LogP contribution in [0, 0.1) is 0 Å². The van der Waals surface area contributed by atoms with Crippen LogP contribution < -0.4 is 0 Å². The van der Waals surface area contributed by atoms with Crippen LogP contribution in [0.3, 0.4) is 0 Å². The predicted octanol–water partition coefficient (Wildman–Crippen LogP) is 2.12. The summed E-state index contributed by atoms with van der Waals surface area (Å²) in [5.74, 6) is 0. The summed E-state index contributed by atoms with van der Waals surface area (Å²) in [6.07, 6.45) is 3.70. The van der Waals surface area contributed by atoms with Gasteiger partial charge in [0.1, 0.15) is 0 Å². The van der Waals surface area contributed by atoms with Crippen LogP contribution in [0.25, 0.3) is 0 Å². The monoisotopic (exact) mass is 169 g/mol. The van der Waals surface area contributed by atoms with E-state index in [1.165, 1.54) is 0 Å². The first-order chi connectivity index (χ1) is 4.84. The van der Waals surface area contributed by atoms with E-state index in [1.54, 1.807) is 18.0 Å². The average molecular weight is 169 g/mol. The molecule has 0 amide bonds. The fourth-order valence-corrected chi connectivity index (χ4v) is 1.04. The zero-order valence-electron chi connectivity index (χ0n) is 5.57. The lowest BCUT2D eigenvalue weighted by atomic mass is 10.4. The first kappa shape index (κ1) is 7.69. The minimum atomic E-state index is 0.848. The summed E-state index contributed by atoms with van der Waals surface area (Å²) in [6.45, 7) is 0. The van der Waals surface area contributed by atoms with Crippen LogP contribution in [0.5, 0.6) is 0 Å². The highest BCUT2D eigenvalue weighted by atomic mass is 32.2. The van der Waals surface area contributed by atoms with Gasteiger partial charge in [-0.25, -0.2) is 0 Å². The van der Waals surface area contributed by atoms with Crippen molar-refractivity contribution in [2.24, 2.45) is 0 Å². The van der Waals surface area contributed by atoms with E-state index in [4.69, 9.17) is 12.2 Å². The topological polar surface area (TPSA) is 12.9 Å². The lowest BCUT2D eigenvalue weighted by Gasteiger charge is -1.95. The Bertz CT molecular complexity index is 220. The van der Waals surface area contributed by atoms with E-state index in [2.05, 4.69) is 4.98 Å². The minimum Gasteiger partial charge on any atom is -0.255 e. The molecule has 1 aromatic heterocycles. The van der Waals surface area contributed by atoms with Gasteiger partial charge in [0.2, 0.25) is 0 Å². The zero-order valence-corrected chi connectivity index (χ0v) is 7.21. The molecule has 0 radical (unpaired) electrons. The summed E-state index contributed by atoms with van der Waals surface area (Å²) in [5, 5.41) is 0. The first-order valence-electron chi connectivity index (χ1n) is 2.84. The summed E-state index contributed by atoms with van der Waals surface area (Å²) in [4.78, 5) is 4.09. The molecule has 10 heavy (non-hydrogen) atoms. The van der Waals surface area contributed by atoms with Crippen molar-refractivity contribution >= 4 is 28.2 Å². The summed E-state index contributed by atoms with van der Waals surface area (Å²) >= 11 is 6.57. The van der Waals surface area contributed by atoms with E-state index in [0.29, 0.717) is 0 Å². The van der Waals surface area contributed by atoms with Gasteiger partial charge >= 0.3 is 0 Å². The van der Waals surface area contributed by atoms with Gasteiger partial charge in [-0.3, -0.25) is 4.98 Å². The fourth-order valence-electron chi connectivity index (χ4n) is 0.588. The number of rotatable bonds is 1. The molecule has 0 N–H and O–H groups in total. The number of hydrogen-bond acceptors (Lipinski definition) is 3. The molecule has 0 unspecified atom stereocenters. The molecule has 0 aliphatic heterocycles. The first-order valence-corrected chi connectivity index (χ1v) is 4.47. The molecule has 0 saturated heterocycles. The average Bonchev–Trinajstić information content (AvgIpc) is 2.05. The van der Waals surface area contributed by atoms with Crippen molar-refractivity contribution in [3.05, 3.63) is 30.1 Å². The Hall–Kier alpha value is -0.410. The second kappa shape index (κ2) is 3.68. The third-order valence-corrected chi connectivity index (χ3v) is 2.35. The van der Waals surface area contributed by atoms with Crippen LogP contribution in [0.1, 0.15) is 5.69 Å². The molecule has 0 atom stereocenters. The van der Waals surface area contributed by atoms with Crippen LogP contribution in [0.15, 0.2) is 24.4 Å². The van der Waals surface area contributed by atoms with E-state index >= 15 is 0 Å². The third kappa shape index (κ3) is 1.78. The quantitative estimate of drug-likeness (QED) is 0.598. The molecule has 3 heteroatoms. The van der Waals surface area contributed by atoms with Gasteiger partial charge in [-0.05, 0) is 18.4 Å². The zero-order chi connectivity index (χ0) is 7.40. The summed E-state index contributed by atoms with van der Waals surface area (Å²) < 4.78 is 0.848. The van der Waals surface area contributed by atoms with Crippen molar-refractivity contribution in [1.82, 2.24) is 4.98 Å². The summed E-state index contributed by atoms with van der Waals surface area (Å²) in [6, 6.07) is 5.73. The molecular formula is C7H7NS2. The SMILES string of the molecule is CSC(=S)c1ccccn1. The minimum absolute atomic E-state index is 0.848. The van der Waals surface area contributed by atoms with Crippen molar-refractivity contribution in [2.45, 2.75) is 0 Å². The number of pyridine rings is 1. The van der Waals surface area contributed by atoms with Gasteiger partial charge < -0.3 is 0 Å². The molecule has 0 spiro atoms. The molecule has 0 aromatic carbocycles. The number of aromatic nitrogens is 1. The lowest BCUT2D eigenvalue weighted by Crippen LogP contribution is -1.92. The standard InChI is InChI=1S/C7H7NS2/c1-10-7(9)6-4-2-3-5-8-6/h2-5H,1H3. The van der Waals surface area contributed by atoms with Gasteiger partial charge in [0, 0.05) is 6.20 Å². The molecule has 0 aliphatic rings. The van der Waals surface area contributed by atoms with Crippen LogP contribution in [-0.4, -0.2) is 15.4 Å². The van der Waals surface area contributed by atoms with Crippen LogP contribution in [0.2, 0.25) is 0 Å². The Kier molecular flexibility index (Phi) is 2.83. The highest BCUT2D eigenvalue weighted by molar-refractivity contribution is 8.23. The second-order valence-electron chi connectivity index (χ2n) is 1.71. The number of thioether (sulfide) groups is 1. The number of thiocarbonyl (C=S) groups is 1. The van der Waals surface area contributed by atoms with Crippen molar-refractivity contribution in [2.75, 3.05) is 6.26 Å². The van der Waals surface area contributed by atoms with Crippen molar-refractivity contribution < 1.29 is 0 Å². The second-order valence-corrected chi connectivity index (χ2v) is 3.19. The van der Waals surface area contributed by atoms with Gasteiger partial charge in [0.15, 0.2) is 0 Å². The Morgan fingerprint density at radius 3 is 2.90 bits per heavy atom. The van der Waals surface area contributed by atoms with E-state index in [0.717, 1.165) is 9.89 Å². The largest absolute Gasteiger partial charge is 0.255 e. The summed E-state index contributed by atoms with van der Waals surface area (Å²) in [7, 11) is 0. The van der Waals surface area contributed by atoms with Crippen LogP contribution >= 0.6 is 24.0 Å². The molecule has 0 fully saturated rings. The van der Waals surface area contributed by atoms with E-state index < -0.39 is 0 Å². The van der Waals surface area contributed by atoms with E-state index in [9.17, 15) is 0 Å². The molecule has 52 valence electrons. The van der Waals surface area contributed by atoms with Gasteiger partial charge in [0.05, 0.1) is 9.89 Å². The molecule has 0 saturated carbocycles. The maximum atomic E-state index is 5.02.